The molecule has 0 radical (unpaired) electrons. The highest BCUT2D eigenvalue weighted by atomic mass is 32.1. The van der Waals surface area contributed by atoms with Gasteiger partial charge in [0.2, 0.25) is 0 Å². The van der Waals surface area contributed by atoms with Gasteiger partial charge >= 0.3 is 12.0 Å². The third kappa shape index (κ3) is 2.96. The summed E-state index contributed by atoms with van der Waals surface area (Å²) in [6.07, 6.45) is 0. The van der Waals surface area contributed by atoms with Crippen molar-refractivity contribution in [3.8, 4) is 11.1 Å². The molecule has 152 valence electrons. The third-order valence-corrected chi connectivity index (χ3v) is 6.54. The molecule has 0 saturated carbocycles. The number of rotatable bonds is 5. The number of urea groups is 1. The zero-order valence-corrected chi connectivity index (χ0v) is 16.5. The summed E-state index contributed by atoms with van der Waals surface area (Å²) < 4.78 is 13.4. The Morgan fingerprint density at radius 1 is 1.17 bits per heavy atom. The molecule has 6 nitrogen and oxygen atoms in total. The van der Waals surface area contributed by atoms with Crippen LogP contribution in [-0.4, -0.2) is 33.6 Å². The van der Waals surface area contributed by atoms with Crippen molar-refractivity contribution in [1.82, 2.24) is 9.96 Å². The van der Waals surface area contributed by atoms with E-state index in [4.69, 9.17) is 4.84 Å². The maximum absolute atomic E-state index is 13.4. The second-order valence-electron chi connectivity index (χ2n) is 7.21. The molecule has 1 saturated heterocycles. The van der Waals surface area contributed by atoms with E-state index in [2.05, 4.69) is 0 Å². The lowest BCUT2D eigenvalue weighted by Gasteiger charge is -2.28. The molecule has 5 rings (SSSR count). The van der Waals surface area contributed by atoms with Crippen molar-refractivity contribution in [2.24, 2.45) is 0 Å². The lowest BCUT2D eigenvalue weighted by Crippen LogP contribution is -2.38. The Bertz CT molecular complexity index is 1120. The van der Waals surface area contributed by atoms with Crippen LogP contribution in [-0.2, 0) is 16.2 Å². The molecule has 1 N–H and O–H groups in total. The summed E-state index contributed by atoms with van der Waals surface area (Å²) in [5.41, 5.74) is 2.91. The molecule has 3 heterocycles. The smallest absolute Gasteiger partial charge is 0.345 e. The van der Waals surface area contributed by atoms with Gasteiger partial charge < -0.3 is 10.0 Å². The molecule has 2 atom stereocenters. The number of hydroxylamine groups is 2. The maximum atomic E-state index is 13.4. The Morgan fingerprint density at radius 2 is 1.90 bits per heavy atom. The minimum Gasteiger partial charge on any atom is -0.479 e. The maximum Gasteiger partial charge on any atom is 0.345 e. The Balaban J connectivity index is 1.53. The number of carboxylic acid groups (broad SMARTS) is 1. The molecule has 2 amide bonds. The summed E-state index contributed by atoms with van der Waals surface area (Å²) in [6.45, 7) is 0.459. The van der Waals surface area contributed by atoms with Gasteiger partial charge in [0.1, 0.15) is 18.5 Å². The zero-order valence-electron chi connectivity index (χ0n) is 15.7. The first-order chi connectivity index (χ1) is 14.5. The van der Waals surface area contributed by atoms with E-state index in [0.717, 1.165) is 10.4 Å². The standard InChI is InChI=1S/C22H17FN2O4S/c23-15-8-6-14(7-9-15)16-12-30-20-17-10-24(19(18(16)20)21(26)27)22(28)25(17)29-11-13-4-2-1-3-5-13/h1-9,12,17,19H,10-11H2,(H,26,27)/t17-,19?/m1/s1. The van der Waals surface area contributed by atoms with Gasteiger partial charge in [0, 0.05) is 10.4 Å². The third-order valence-electron chi connectivity index (χ3n) is 5.44. The quantitative estimate of drug-likeness (QED) is 0.650. The number of fused-ring (bicyclic) bond motifs is 4. The van der Waals surface area contributed by atoms with Crippen molar-refractivity contribution in [3.05, 3.63) is 81.8 Å². The van der Waals surface area contributed by atoms with Gasteiger partial charge in [-0.25, -0.2) is 14.0 Å². The van der Waals surface area contributed by atoms with E-state index in [0.29, 0.717) is 16.7 Å². The van der Waals surface area contributed by atoms with Crippen molar-refractivity contribution < 1.29 is 23.9 Å². The first kappa shape index (κ1) is 18.8. The monoisotopic (exact) mass is 424 g/mol. The van der Waals surface area contributed by atoms with E-state index >= 15 is 0 Å². The molecule has 0 spiro atoms. The molecule has 1 aromatic heterocycles. The molecule has 30 heavy (non-hydrogen) atoms. The number of thiophene rings is 1. The number of carboxylic acids is 1. The van der Waals surface area contributed by atoms with Gasteiger partial charge in [-0.3, -0.25) is 4.84 Å². The largest absolute Gasteiger partial charge is 0.479 e. The van der Waals surface area contributed by atoms with Crippen LogP contribution in [0, 0.1) is 5.82 Å². The van der Waals surface area contributed by atoms with Gasteiger partial charge in [-0.2, -0.15) is 5.06 Å². The van der Waals surface area contributed by atoms with Crippen LogP contribution in [0.3, 0.4) is 0 Å². The SMILES string of the molecule is O=C(O)C1c2c(-c3ccc(F)cc3)csc2[C@H]2CN1C(=O)N2OCc1ccccc1. The zero-order chi connectivity index (χ0) is 20.8. The molecule has 2 bridgehead atoms. The number of halogens is 1. The lowest BCUT2D eigenvalue weighted by molar-refractivity contribution is -0.143. The fourth-order valence-corrected chi connectivity index (χ4v) is 5.24. The lowest BCUT2D eigenvalue weighted by atomic mass is 9.92. The minimum absolute atomic E-state index is 0.209. The van der Waals surface area contributed by atoms with Gasteiger partial charge in [-0.15, -0.1) is 11.3 Å². The fraction of sp³-hybridized carbons (Fsp3) is 0.182. The molecule has 8 heteroatoms. The highest BCUT2D eigenvalue weighted by molar-refractivity contribution is 7.10. The van der Waals surface area contributed by atoms with Gasteiger partial charge in [0.15, 0.2) is 6.04 Å². The number of amides is 2. The first-order valence-electron chi connectivity index (χ1n) is 9.41. The normalized spacial score (nSPS) is 19.8. The predicted octanol–water partition coefficient (Wildman–Crippen LogP) is 4.60. The van der Waals surface area contributed by atoms with Crippen LogP contribution in [0.4, 0.5) is 9.18 Å². The van der Waals surface area contributed by atoms with E-state index in [1.165, 1.54) is 33.4 Å². The summed E-state index contributed by atoms with van der Waals surface area (Å²) in [5.74, 6) is -1.47. The number of aliphatic carboxylic acids is 1. The van der Waals surface area contributed by atoms with E-state index < -0.39 is 18.0 Å². The second-order valence-corrected chi connectivity index (χ2v) is 8.12. The molecular weight excluding hydrogens is 407 g/mol. The van der Waals surface area contributed by atoms with Crippen LogP contribution < -0.4 is 0 Å². The van der Waals surface area contributed by atoms with E-state index in [9.17, 15) is 19.1 Å². The molecular formula is C22H17FN2O4S. The minimum atomic E-state index is -1.11. The van der Waals surface area contributed by atoms with Gasteiger partial charge in [0.05, 0.1) is 6.54 Å². The van der Waals surface area contributed by atoms with Gasteiger partial charge in [-0.05, 0) is 34.2 Å². The number of benzene rings is 2. The van der Waals surface area contributed by atoms with E-state index in [1.807, 2.05) is 35.7 Å². The highest BCUT2D eigenvalue weighted by Gasteiger charge is 2.52. The average molecular weight is 424 g/mol. The Kier molecular flexibility index (Phi) is 4.52. The summed E-state index contributed by atoms with van der Waals surface area (Å²) in [5, 5.41) is 13.1. The number of hydrogen-bond acceptors (Lipinski definition) is 4. The van der Waals surface area contributed by atoms with Crippen LogP contribution in [0.2, 0.25) is 0 Å². The molecule has 3 aromatic rings. The molecule has 1 fully saturated rings. The molecule has 2 aliphatic heterocycles. The summed E-state index contributed by atoms with van der Waals surface area (Å²) in [6, 6.07) is 13.4. The summed E-state index contributed by atoms with van der Waals surface area (Å²) >= 11 is 1.40. The van der Waals surface area contributed by atoms with E-state index in [1.54, 1.807) is 12.1 Å². The Morgan fingerprint density at radius 3 is 2.60 bits per heavy atom. The molecule has 0 aliphatic carbocycles. The topological polar surface area (TPSA) is 70.1 Å². The first-order valence-corrected chi connectivity index (χ1v) is 10.3. The van der Waals surface area contributed by atoms with E-state index in [-0.39, 0.29) is 25.0 Å². The highest BCUT2D eigenvalue weighted by Crippen LogP contribution is 2.50. The van der Waals surface area contributed by atoms with Crippen molar-refractivity contribution in [2.75, 3.05) is 6.54 Å². The summed E-state index contributed by atoms with van der Waals surface area (Å²) in [4.78, 5) is 33.1. The van der Waals surface area contributed by atoms with Crippen molar-refractivity contribution in [3.63, 3.8) is 0 Å². The Labute approximate surface area is 175 Å². The second kappa shape index (κ2) is 7.23. The Hall–Kier alpha value is -3.23. The molecule has 2 aliphatic rings. The van der Waals surface area contributed by atoms with Crippen LogP contribution in [0.25, 0.3) is 11.1 Å². The van der Waals surface area contributed by atoms with Crippen molar-refractivity contribution in [1.29, 1.82) is 0 Å². The van der Waals surface area contributed by atoms with Gasteiger partial charge in [-0.1, -0.05) is 42.5 Å². The predicted molar refractivity (Wildman–Crippen MR) is 108 cm³/mol. The van der Waals surface area contributed by atoms with Crippen LogP contribution in [0.1, 0.15) is 28.1 Å². The summed E-state index contributed by atoms with van der Waals surface area (Å²) in [7, 11) is 0. The van der Waals surface area contributed by atoms with Gasteiger partial charge in [0.25, 0.3) is 0 Å². The van der Waals surface area contributed by atoms with Crippen molar-refractivity contribution in [2.45, 2.75) is 18.7 Å². The average Bonchev–Trinajstić information content (AvgIpc) is 3.29. The van der Waals surface area contributed by atoms with Crippen LogP contribution >= 0.6 is 11.3 Å². The number of nitrogens with zero attached hydrogens (tertiary/aromatic N) is 2. The van der Waals surface area contributed by atoms with Crippen LogP contribution in [0.5, 0.6) is 0 Å². The number of carbonyl (C=O) groups is 2. The number of carbonyl (C=O) groups excluding carboxylic acids is 1. The number of hydrogen-bond donors (Lipinski definition) is 1. The van der Waals surface area contributed by atoms with Crippen molar-refractivity contribution >= 4 is 23.3 Å². The van der Waals surface area contributed by atoms with Crippen LogP contribution in [0.15, 0.2) is 60.0 Å². The fourth-order valence-electron chi connectivity index (χ4n) is 4.06. The molecule has 2 aromatic carbocycles. The molecule has 1 unspecified atom stereocenters.